The Kier molecular flexibility index (Phi) is 4.04. The second-order valence-electron chi connectivity index (χ2n) is 5.30. The van der Waals surface area contributed by atoms with Crippen molar-refractivity contribution >= 4 is 17.9 Å². The van der Waals surface area contributed by atoms with Crippen LogP contribution in [-0.4, -0.2) is 28.9 Å². The molecule has 0 bridgehead atoms. The minimum absolute atomic E-state index is 0.528. The number of H-pyrrole nitrogens is 1. The van der Waals surface area contributed by atoms with Gasteiger partial charge in [0.05, 0.1) is 0 Å². The molecule has 1 aromatic carbocycles. The van der Waals surface area contributed by atoms with Gasteiger partial charge in [-0.15, -0.1) is 0 Å². The normalized spacial score (nSPS) is 11.0. The molecule has 102 valence electrons. The molecular formula is C14H20N4S. The van der Waals surface area contributed by atoms with Gasteiger partial charge in [0.15, 0.2) is 10.6 Å². The minimum atomic E-state index is 0.528. The lowest BCUT2D eigenvalue weighted by Gasteiger charge is -2.14. The number of aromatic amines is 1. The van der Waals surface area contributed by atoms with E-state index < -0.39 is 0 Å². The molecule has 0 aliphatic carbocycles. The third-order valence-electron chi connectivity index (χ3n) is 2.93. The lowest BCUT2D eigenvalue weighted by atomic mass is 10.1. The van der Waals surface area contributed by atoms with Crippen molar-refractivity contribution in [2.24, 2.45) is 5.92 Å². The standard InChI is InChI=1S/C14H20N4S/c1-10(2)9-18-13(15-16-14(18)19)11-6-5-7-12(8-11)17(3)4/h5-8,10H,9H2,1-4H3,(H,16,19). The molecule has 2 aromatic rings. The average Bonchev–Trinajstić information content (AvgIpc) is 2.71. The van der Waals surface area contributed by atoms with E-state index >= 15 is 0 Å². The first kappa shape index (κ1) is 13.8. The van der Waals surface area contributed by atoms with Crippen LogP contribution < -0.4 is 4.90 Å². The van der Waals surface area contributed by atoms with E-state index in [1.54, 1.807) is 0 Å². The zero-order valence-electron chi connectivity index (χ0n) is 11.8. The number of rotatable bonds is 4. The fourth-order valence-corrected chi connectivity index (χ4v) is 2.20. The SMILES string of the molecule is CC(C)Cn1c(-c2cccc(N(C)C)c2)n[nH]c1=S. The summed E-state index contributed by atoms with van der Waals surface area (Å²) in [5.41, 5.74) is 2.24. The number of nitrogens with zero attached hydrogens (tertiary/aromatic N) is 3. The number of hydrogen-bond acceptors (Lipinski definition) is 3. The van der Waals surface area contributed by atoms with Gasteiger partial charge in [0.1, 0.15) is 0 Å². The number of anilines is 1. The summed E-state index contributed by atoms with van der Waals surface area (Å²) in [6.45, 7) is 5.22. The first-order chi connectivity index (χ1) is 8.99. The predicted octanol–water partition coefficient (Wildman–Crippen LogP) is 3.33. The molecule has 1 N–H and O–H groups in total. The Hall–Kier alpha value is -1.62. The summed E-state index contributed by atoms with van der Waals surface area (Å²) in [5.74, 6) is 1.43. The summed E-state index contributed by atoms with van der Waals surface area (Å²) >= 11 is 5.31. The van der Waals surface area contributed by atoms with Gasteiger partial charge in [0.25, 0.3) is 0 Å². The van der Waals surface area contributed by atoms with Crippen LogP contribution in [0.15, 0.2) is 24.3 Å². The van der Waals surface area contributed by atoms with Crippen LogP contribution in [0.1, 0.15) is 13.8 Å². The summed E-state index contributed by atoms with van der Waals surface area (Å²) in [5, 5.41) is 7.26. The van der Waals surface area contributed by atoms with Gasteiger partial charge >= 0.3 is 0 Å². The van der Waals surface area contributed by atoms with Gasteiger partial charge in [0, 0.05) is 31.9 Å². The van der Waals surface area contributed by atoms with Crippen LogP contribution in [0.3, 0.4) is 0 Å². The molecule has 0 saturated heterocycles. The maximum atomic E-state index is 5.31. The van der Waals surface area contributed by atoms with Gasteiger partial charge in [0.2, 0.25) is 0 Å². The Labute approximate surface area is 119 Å². The Morgan fingerprint density at radius 2 is 2.11 bits per heavy atom. The van der Waals surface area contributed by atoms with Gasteiger partial charge in [-0.2, -0.15) is 5.10 Å². The van der Waals surface area contributed by atoms with Crippen molar-refractivity contribution in [2.45, 2.75) is 20.4 Å². The molecule has 0 spiro atoms. The molecule has 5 heteroatoms. The lowest BCUT2D eigenvalue weighted by molar-refractivity contribution is 0.521. The second kappa shape index (κ2) is 5.57. The molecule has 0 atom stereocenters. The third-order valence-corrected chi connectivity index (χ3v) is 3.24. The van der Waals surface area contributed by atoms with E-state index in [0.29, 0.717) is 10.7 Å². The zero-order valence-corrected chi connectivity index (χ0v) is 12.7. The highest BCUT2D eigenvalue weighted by molar-refractivity contribution is 7.71. The van der Waals surface area contributed by atoms with E-state index in [2.05, 4.69) is 51.7 Å². The van der Waals surface area contributed by atoms with Crippen LogP contribution in [-0.2, 0) is 6.54 Å². The Balaban J connectivity index is 2.47. The molecule has 1 heterocycles. The molecule has 0 unspecified atom stereocenters. The van der Waals surface area contributed by atoms with E-state index in [-0.39, 0.29) is 0 Å². The lowest BCUT2D eigenvalue weighted by Crippen LogP contribution is -2.09. The molecule has 0 radical (unpaired) electrons. The number of nitrogens with one attached hydrogen (secondary N) is 1. The van der Waals surface area contributed by atoms with Crippen molar-refractivity contribution < 1.29 is 0 Å². The maximum absolute atomic E-state index is 5.31. The quantitative estimate of drug-likeness (QED) is 0.870. The fourth-order valence-electron chi connectivity index (χ4n) is 2.00. The summed E-state index contributed by atoms with van der Waals surface area (Å²) in [6, 6.07) is 8.32. The Morgan fingerprint density at radius 1 is 1.37 bits per heavy atom. The average molecular weight is 276 g/mol. The number of hydrogen-bond donors (Lipinski definition) is 1. The van der Waals surface area contributed by atoms with E-state index in [1.165, 1.54) is 0 Å². The first-order valence-electron chi connectivity index (χ1n) is 6.42. The smallest absolute Gasteiger partial charge is 0.195 e. The highest BCUT2D eigenvalue weighted by Crippen LogP contribution is 2.23. The van der Waals surface area contributed by atoms with Crippen LogP contribution in [0.4, 0.5) is 5.69 Å². The molecule has 0 aliphatic heterocycles. The van der Waals surface area contributed by atoms with E-state index in [4.69, 9.17) is 12.2 Å². The van der Waals surface area contributed by atoms with Crippen LogP contribution in [0.25, 0.3) is 11.4 Å². The summed E-state index contributed by atoms with van der Waals surface area (Å²) < 4.78 is 2.74. The van der Waals surface area contributed by atoms with Gasteiger partial charge in [-0.1, -0.05) is 26.0 Å². The molecule has 0 saturated carbocycles. The Bertz CT molecular complexity index is 610. The van der Waals surface area contributed by atoms with Crippen LogP contribution in [0.5, 0.6) is 0 Å². The molecule has 0 amide bonds. The summed E-state index contributed by atoms with van der Waals surface area (Å²) in [7, 11) is 4.06. The van der Waals surface area contributed by atoms with E-state index in [1.807, 2.05) is 20.2 Å². The van der Waals surface area contributed by atoms with Crippen molar-refractivity contribution in [3.63, 3.8) is 0 Å². The minimum Gasteiger partial charge on any atom is -0.378 e. The summed E-state index contributed by atoms with van der Waals surface area (Å²) in [6.07, 6.45) is 0. The van der Waals surface area contributed by atoms with Crippen molar-refractivity contribution in [1.29, 1.82) is 0 Å². The molecule has 0 aliphatic rings. The van der Waals surface area contributed by atoms with E-state index in [9.17, 15) is 0 Å². The number of aromatic nitrogens is 3. The molecule has 19 heavy (non-hydrogen) atoms. The summed E-state index contributed by atoms with van der Waals surface area (Å²) in [4.78, 5) is 2.08. The molecule has 0 fully saturated rings. The van der Waals surface area contributed by atoms with Crippen LogP contribution >= 0.6 is 12.2 Å². The first-order valence-corrected chi connectivity index (χ1v) is 6.83. The zero-order chi connectivity index (χ0) is 14.0. The molecule has 1 aromatic heterocycles. The highest BCUT2D eigenvalue weighted by atomic mass is 32.1. The molecular weight excluding hydrogens is 256 g/mol. The van der Waals surface area contributed by atoms with Crippen molar-refractivity contribution in [3.8, 4) is 11.4 Å². The topological polar surface area (TPSA) is 36.9 Å². The fraction of sp³-hybridized carbons (Fsp3) is 0.429. The monoisotopic (exact) mass is 276 g/mol. The van der Waals surface area contributed by atoms with Crippen LogP contribution in [0, 0.1) is 10.7 Å². The molecule has 4 nitrogen and oxygen atoms in total. The number of benzene rings is 1. The van der Waals surface area contributed by atoms with Crippen LogP contribution in [0.2, 0.25) is 0 Å². The van der Waals surface area contributed by atoms with Gasteiger partial charge in [-0.3, -0.25) is 9.67 Å². The maximum Gasteiger partial charge on any atom is 0.195 e. The van der Waals surface area contributed by atoms with Crippen molar-refractivity contribution in [2.75, 3.05) is 19.0 Å². The van der Waals surface area contributed by atoms with Crippen molar-refractivity contribution in [1.82, 2.24) is 14.8 Å². The second-order valence-corrected chi connectivity index (χ2v) is 5.69. The molecule has 2 rings (SSSR count). The predicted molar refractivity (Wildman–Crippen MR) is 82.0 cm³/mol. The third kappa shape index (κ3) is 3.04. The van der Waals surface area contributed by atoms with E-state index in [0.717, 1.165) is 23.6 Å². The highest BCUT2D eigenvalue weighted by Gasteiger charge is 2.10. The largest absolute Gasteiger partial charge is 0.378 e. The van der Waals surface area contributed by atoms with Gasteiger partial charge < -0.3 is 4.90 Å². The van der Waals surface area contributed by atoms with Crippen molar-refractivity contribution in [3.05, 3.63) is 29.0 Å². The Morgan fingerprint density at radius 3 is 2.74 bits per heavy atom. The van der Waals surface area contributed by atoms with Gasteiger partial charge in [-0.25, -0.2) is 0 Å². The van der Waals surface area contributed by atoms with Gasteiger partial charge in [-0.05, 0) is 30.3 Å².